The predicted octanol–water partition coefficient (Wildman–Crippen LogP) is 3.58. The number of esters is 1. The van der Waals surface area contributed by atoms with Gasteiger partial charge in [0.15, 0.2) is 0 Å². The van der Waals surface area contributed by atoms with Gasteiger partial charge in [0.2, 0.25) is 5.91 Å². The van der Waals surface area contributed by atoms with Crippen LogP contribution in [0.4, 0.5) is 4.39 Å². The van der Waals surface area contributed by atoms with E-state index in [1.54, 1.807) is 18.2 Å². The number of halogens is 3. The molecule has 0 radical (unpaired) electrons. The molecule has 25 heavy (non-hydrogen) atoms. The fraction of sp³-hybridized carbons (Fsp3) is 0.222. The Morgan fingerprint density at radius 2 is 1.84 bits per heavy atom. The average Bonchev–Trinajstić information content (AvgIpc) is 2.58. The SMILES string of the molecule is COC(=O)[C@@H](Cc1ccc(Cl)cc1Cl)NC(=O)Cc1ccc(F)cc1. The Kier molecular flexibility index (Phi) is 6.79. The molecule has 1 amide bonds. The summed E-state index contributed by atoms with van der Waals surface area (Å²) in [6.45, 7) is 0. The van der Waals surface area contributed by atoms with Crippen LogP contribution in [0.15, 0.2) is 42.5 Å². The van der Waals surface area contributed by atoms with E-state index in [1.165, 1.54) is 31.4 Å². The summed E-state index contributed by atoms with van der Waals surface area (Å²) in [6, 6.07) is 9.58. The van der Waals surface area contributed by atoms with Crippen molar-refractivity contribution in [2.45, 2.75) is 18.9 Å². The van der Waals surface area contributed by atoms with Crippen molar-refractivity contribution in [3.05, 3.63) is 69.5 Å². The van der Waals surface area contributed by atoms with Gasteiger partial charge in [0.1, 0.15) is 11.9 Å². The highest BCUT2D eigenvalue weighted by Gasteiger charge is 2.23. The summed E-state index contributed by atoms with van der Waals surface area (Å²) < 4.78 is 17.7. The molecule has 132 valence electrons. The highest BCUT2D eigenvalue weighted by atomic mass is 35.5. The molecule has 0 unspecified atom stereocenters. The molecule has 2 aromatic carbocycles. The minimum atomic E-state index is -0.892. The highest BCUT2D eigenvalue weighted by molar-refractivity contribution is 6.35. The Morgan fingerprint density at radius 3 is 2.44 bits per heavy atom. The molecule has 0 spiro atoms. The molecular weight excluding hydrogens is 368 g/mol. The van der Waals surface area contributed by atoms with Crippen LogP contribution in [-0.4, -0.2) is 25.0 Å². The zero-order valence-corrected chi connectivity index (χ0v) is 14.9. The number of carbonyl (C=O) groups excluding carboxylic acids is 2. The minimum absolute atomic E-state index is 0.0160. The summed E-state index contributed by atoms with van der Waals surface area (Å²) in [5.74, 6) is -1.35. The smallest absolute Gasteiger partial charge is 0.328 e. The lowest BCUT2D eigenvalue weighted by molar-refractivity contribution is -0.145. The summed E-state index contributed by atoms with van der Waals surface area (Å²) in [6.07, 6.45) is 0.181. The van der Waals surface area contributed by atoms with Gasteiger partial charge in [0.05, 0.1) is 13.5 Å². The van der Waals surface area contributed by atoms with E-state index >= 15 is 0 Å². The zero-order chi connectivity index (χ0) is 18.4. The van der Waals surface area contributed by atoms with Crippen molar-refractivity contribution in [2.24, 2.45) is 0 Å². The summed E-state index contributed by atoms with van der Waals surface area (Å²) in [4.78, 5) is 24.2. The maximum absolute atomic E-state index is 12.9. The Balaban J connectivity index is 2.07. The molecule has 2 aromatic rings. The van der Waals surface area contributed by atoms with Crippen LogP contribution >= 0.6 is 23.2 Å². The first-order valence-electron chi connectivity index (χ1n) is 7.44. The molecule has 0 heterocycles. The summed E-state index contributed by atoms with van der Waals surface area (Å²) in [5, 5.41) is 3.50. The van der Waals surface area contributed by atoms with E-state index in [0.29, 0.717) is 21.2 Å². The Labute approximate surface area is 154 Å². The Hall–Kier alpha value is -2.11. The van der Waals surface area contributed by atoms with Crippen molar-refractivity contribution in [1.82, 2.24) is 5.32 Å². The van der Waals surface area contributed by atoms with Gasteiger partial charge in [0, 0.05) is 16.5 Å². The normalized spacial score (nSPS) is 11.7. The number of amides is 1. The van der Waals surface area contributed by atoms with Crippen molar-refractivity contribution in [3.8, 4) is 0 Å². The molecule has 0 saturated heterocycles. The molecule has 0 saturated carbocycles. The standard InChI is InChI=1S/C18H16Cl2FNO3/c1-25-18(24)16(9-12-4-5-13(19)10-15(12)20)22-17(23)8-11-2-6-14(21)7-3-11/h2-7,10,16H,8-9H2,1H3,(H,22,23)/t16-/m1/s1. The van der Waals surface area contributed by atoms with E-state index < -0.39 is 12.0 Å². The van der Waals surface area contributed by atoms with Gasteiger partial charge in [0.25, 0.3) is 0 Å². The van der Waals surface area contributed by atoms with Crippen molar-refractivity contribution in [1.29, 1.82) is 0 Å². The Bertz CT molecular complexity index is 765. The molecule has 4 nitrogen and oxygen atoms in total. The summed E-state index contributed by atoms with van der Waals surface area (Å²) in [7, 11) is 1.24. The van der Waals surface area contributed by atoms with E-state index in [1.807, 2.05) is 0 Å². The van der Waals surface area contributed by atoms with Crippen LogP contribution in [0.2, 0.25) is 10.0 Å². The predicted molar refractivity (Wildman–Crippen MR) is 94.2 cm³/mol. The number of ether oxygens (including phenoxy) is 1. The van der Waals surface area contributed by atoms with Crippen LogP contribution in [-0.2, 0) is 27.2 Å². The van der Waals surface area contributed by atoms with Crippen LogP contribution in [0, 0.1) is 5.82 Å². The van der Waals surface area contributed by atoms with Crippen LogP contribution in [0.5, 0.6) is 0 Å². The molecule has 0 aliphatic carbocycles. The number of benzene rings is 2. The number of rotatable bonds is 6. The second kappa shape index (κ2) is 8.83. The third kappa shape index (κ3) is 5.73. The lowest BCUT2D eigenvalue weighted by Crippen LogP contribution is -2.43. The van der Waals surface area contributed by atoms with Crippen LogP contribution in [0.25, 0.3) is 0 Å². The average molecular weight is 384 g/mol. The number of nitrogens with one attached hydrogen (secondary N) is 1. The molecule has 0 aromatic heterocycles. The van der Waals surface area contributed by atoms with Gasteiger partial charge < -0.3 is 10.1 Å². The first-order valence-corrected chi connectivity index (χ1v) is 8.20. The number of methoxy groups -OCH3 is 1. The second-order valence-electron chi connectivity index (χ2n) is 5.39. The van der Waals surface area contributed by atoms with Crippen molar-refractivity contribution in [3.63, 3.8) is 0 Å². The molecule has 0 aliphatic rings. The molecular formula is C18H16Cl2FNO3. The lowest BCUT2D eigenvalue weighted by atomic mass is 10.0. The van der Waals surface area contributed by atoms with Gasteiger partial charge in [-0.15, -0.1) is 0 Å². The van der Waals surface area contributed by atoms with Gasteiger partial charge in [-0.1, -0.05) is 41.4 Å². The molecule has 1 atom stereocenters. The molecule has 2 rings (SSSR count). The summed E-state index contributed by atoms with van der Waals surface area (Å²) in [5.41, 5.74) is 1.29. The van der Waals surface area contributed by atoms with Crippen LogP contribution in [0.1, 0.15) is 11.1 Å². The lowest BCUT2D eigenvalue weighted by Gasteiger charge is -2.17. The van der Waals surface area contributed by atoms with E-state index in [9.17, 15) is 14.0 Å². The second-order valence-corrected chi connectivity index (χ2v) is 6.23. The van der Waals surface area contributed by atoms with Crippen molar-refractivity contribution in [2.75, 3.05) is 7.11 Å². The highest BCUT2D eigenvalue weighted by Crippen LogP contribution is 2.22. The maximum Gasteiger partial charge on any atom is 0.328 e. The van der Waals surface area contributed by atoms with E-state index in [4.69, 9.17) is 27.9 Å². The number of carbonyl (C=O) groups is 2. The first kappa shape index (κ1) is 19.2. The fourth-order valence-corrected chi connectivity index (χ4v) is 2.76. The monoisotopic (exact) mass is 383 g/mol. The Morgan fingerprint density at radius 1 is 1.16 bits per heavy atom. The van der Waals surface area contributed by atoms with Crippen molar-refractivity contribution >= 4 is 35.1 Å². The quantitative estimate of drug-likeness (QED) is 0.775. The first-order chi connectivity index (χ1) is 11.9. The van der Waals surface area contributed by atoms with Crippen LogP contribution in [0.3, 0.4) is 0 Å². The van der Waals surface area contributed by atoms with Gasteiger partial charge >= 0.3 is 5.97 Å². The van der Waals surface area contributed by atoms with E-state index in [-0.39, 0.29) is 24.6 Å². The molecule has 7 heteroatoms. The largest absolute Gasteiger partial charge is 0.467 e. The minimum Gasteiger partial charge on any atom is -0.467 e. The topological polar surface area (TPSA) is 55.4 Å². The van der Waals surface area contributed by atoms with Crippen LogP contribution < -0.4 is 5.32 Å². The number of hydrogen-bond donors (Lipinski definition) is 1. The third-order valence-electron chi connectivity index (χ3n) is 3.54. The van der Waals surface area contributed by atoms with Gasteiger partial charge in [-0.25, -0.2) is 9.18 Å². The maximum atomic E-state index is 12.9. The molecule has 0 fully saturated rings. The van der Waals surface area contributed by atoms with Gasteiger partial charge in [-0.05, 0) is 35.4 Å². The van der Waals surface area contributed by atoms with E-state index in [2.05, 4.69) is 5.32 Å². The van der Waals surface area contributed by atoms with Gasteiger partial charge in [-0.2, -0.15) is 0 Å². The molecule has 0 aliphatic heterocycles. The number of hydrogen-bond acceptors (Lipinski definition) is 3. The van der Waals surface area contributed by atoms with Crippen molar-refractivity contribution < 1.29 is 18.7 Å². The van der Waals surface area contributed by atoms with Gasteiger partial charge in [-0.3, -0.25) is 4.79 Å². The third-order valence-corrected chi connectivity index (χ3v) is 4.12. The zero-order valence-electron chi connectivity index (χ0n) is 13.4. The van der Waals surface area contributed by atoms with E-state index in [0.717, 1.165) is 0 Å². The fourth-order valence-electron chi connectivity index (χ4n) is 2.28. The molecule has 1 N–H and O–H groups in total. The summed E-state index contributed by atoms with van der Waals surface area (Å²) >= 11 is 12.0. The molecule has 0 bridgehead atoms.